The van der Waals surface area contributed by atoms with E-state index in [2.05, 4.69) is 21.4 Å². The fourth-order valence-electron chi connectivity index (χ4n) is 2.94. The summed E-state index contributed by atoms with van der Waals surface area (Å²) >= 11 is 0. The van der Waals surface area contributed by atoms with Gasteiger partial charge in [-0.25, -0.2) is 0 Å². The fraction of sp³-hybridized carbons (Fsp3) is 0.529. The molecule has 0 atom stereocenters. The standard InChI is InChI=1S/C17H24N4O2/c1-14-15-4-2-3-5-16(15)21(19-14)8-6-17(22)18-7-9-20-10-12-23-13-11-20/h2-5H,6-13H2,1H3,(H,18,22). The number of rotatable bonds is 6. The summed E-state index contributed by atoms with van der Waals surface area (Å²) in [5.74, 6) is 0.0792. The van der Waals surface area contributed by atoms with E-state index in [0.717, 1.165) is 49.4 Å². The van der Waals surface area contributed by atoms with Crippen LogP contribution < -0.4 is 5.32 Å². The van der Waals surface area contributed by atoms with Crippen molar-refractivity contribution in [3.63, 3.8) is 0 Å². The fourth-order valence-corrected chi connectivity index (χ4v) is 2.94. The Morgan fingerprint density at radius 3 is 2.87 bits per heavy atom. The Hall–Kier alpha value is -1.92. The van der Waals surface area contributed by atoms with Gasteiger partial charge in [-0.15, -0.1) is 0 Å². The van der Waals surface area contributed by atoms with E-state index in [1.54, 1.807) is 0 Å². The summed E-state index contributed by atoms with van der Waals surface area (Å²) in [6, 6.07) is 8.13. The molecule has 1 aliphatic heterocycles. The van der Waals surface area contributed by atoms with Crippen molar-refractivity contribution in [3.8, 4) is 0 Å². The van der Waals surface area contributed by atoms with Crippen molar-refractivity contribution in [2.75, 3.05) is 39.4 Å². The van der Waals surface area contributed by atoms with Crippen LogP contribution in [0, 0.1) is 6.92 Å². The highest BCUT2D eigenvalue weighted by molar-refractivity contribution is 5.82. The van der Waals surface area contributed by atoms with E-state index >= 15 is 0 Å². The Morgan fingerprint density at radius 2 is 2.04 bits per heavy atom. The SMILES string of the molecule is Cc1nn(CCC(=O)NCCN2CCOCC2)c2ccccc12. The van der Waals surface area contributed by atoms with Crippen LogP contribution in [0.2, 0.25) is 0 Å². The van der Waals surface area contributed by atoms with Crippen molar-refractivity contribution < 1.29 is 9.53 Å². The second-order valence-electron chi connectivity index (χ2n) is 5.88. The Balaban J connectivity index is 1.45. The molecule has 3 rings (SSSR count). The third kappa shape index (κ3) is 4.09. The van der Waals surface area contributed by atoms with E-state index in [1.165, 1.54) is 0 Å². The van der Waals surface area contributed by atoms with Gasteiger partial charge in [0.2, 0.25) is 5.91 Å². The minimum Gasteiger partial charge on any atom is -0.379 e. The van der Waals surface area contributed by atoms with Crippen LogP contribution >= 0.6 is 0 Å². The van der Waals surface area contributed by atoms with Crippen LogP contribution in [0.1, 0.15) is 12.1 Å². The summed E-state index contributed by atoms with van der Waals surface area (Å²) < 4.78 is 7.24. The Kier molecular flexibility index (Phi) is 5.25. The number of fused-ring (bicyclic) bond motifs is 1. The predicted molar refractivity (Wildman–Crippen MR) is 89.4 cm³/mol. The lowest BCUT2D eigenvalue weighted by Gasteiger charge is -2.26. The molecular formula is C17H24N4O2. The number of morpholine rings is 1. The van der Waals surface area contributed by atoms with Gasteiger partial charge in [0.1, 0.15) is 0 Å². The van der Waals surface area contributed by atoms with Crippen molar-refractivity contribution in [2.24, 2.45) is 0 Å². The molecule has 1 amide bonds. The lowest BCUT2D eigenvalue weighted by Crippen LogP contribution is -2.41. The lowest BCUT2D eigenvalue weighted by atomic mass is 10.2. The van der Waals surface area contributed by atoms with Gasteiger partial charge >= 0.3 is 0 Å². The van der Waals surface area contributed by atoms with Gasteiger partial charge in [0.25, 0.3) is 0 Å². The number of nitrogens with one attached hydrogen (secondary N) is 1. The zero-order valence-electron chi connectivity index (χ0n) is 13.6. The number of benzene rings is 1. The molecule has 1 N–H and O–H groups in total. The van der Waals surface area contributed by atoms with Crippen LogP contribution in [-0.2, 0) is 16.1 Å². The largest absolute Gasteiger partial charge is 0.379 e. The first-order valence-electron chi connectivity index (χ1n) is 8.23. The predicted octanol–water partition coefficient (Wildman–Crippen LogP) is 1.18. The van der Waals surface area contributed by atoms with Crippen LogP contribution in [0.4, 0.5) is 0 Å². The van der Waals surface area contributed by atoms with Gasteiger partial charge in [-0.3, -0.25) is 14.4 Å². The third-order valence-electron chi connectivity index (χ3n) is 4.25. The molecule has 124 valence electrons. The molecule has 6 heteroatoms. The van der Waals surface area contributed by atoms with Crippen molar-refractivity contribution in [3.05, 3.63) is 30.0 Å². The van der Waals surface area contributed by atoms with Crippen LogP contribution in [0.3, 0.4) is 0 Å². The first kappa shape index (κ1) is 16.0. The Labute approximate surface area is 136 Å². The number of amides is 1. The molecule has 1 fully saturated rings. The molecule has 1 saturated heterocycles. The maximum Gasteiger partial charge on any atom is 0.221 e. The molecule has 0 bridgehead atoms. The minimum atomic E-state index is 0.0792. The van der Waals surface area contributed by atoms with Crippen LogP contribution in [0.15, 0.2) is 24.3 Å². The molecule has 6 nitrogen and oxygen atoms in total. The number of carbonyl (C=O) groups excluding carboxylic acids is 1. The summed E-state index contributed by atoms with van der Waals surface area (Å²) in [7, 11) is 0. The third-order valence-corrected chi connectivity index (χ3v) is 4.25. The molecule has 0 unspecified atom stereocenters. The van der Waals surface area contributed by atoms with Gasteiger partial charge in [0.05, 0.1) is 31.0 Å². The van der Waals surface area contributed by atoms with Gasteiger partial charge in [0.15, 0.2) is 0 Å². The van der Waals surface area contributed by atoms with E-state index in [9.17, 15) is 4.79 Å². The van der Waals surface area contributed by atoms with Gasteiger partial charge in [0, 0.05) is 38.0 Å². The van der Waals surface area contributed by atoms with Crippen molar-refractivity contribution >= 4 is 16.8 Å². The highest BCUT2D eigenvalue weighted by Crippen LogP contribution is 2.17. The second kappa shape index (κ2) is 7.57. The topological polar surface area (TPSA) is 59.4 Å². The summed E-state index contributed by atoms with van der Waals surface area (Å²) in [6.07, 6.45) is 0.453. The van der Waals surface area contributed by atoms with E-state index in [0.29, 0.717) is 19.5 Å². The number of aryl methyl sites for hydroxylation is 2. The summed E-state index contributed by atoms with van der Waals surface area (Å²) in [6.45, 7) is 7.68. The Morgan fingerprint density at radius 1 is 1.26 bits per heavy atom. The normalized spacial score (nSPS) is 15.9. The molecule has 0 radical (unpaired) electrons. The van der Waals surface area contributed by atoms with Crippen LogP contribution in [-0.4, -0.2) is 60.0 Å². The summed E-state index contributed by atoms with van der Waals surface area (Å²) in [4.78, 5) is 14.3. The maximum atomic E-state index is 12.0. The van der Waals surface area contributed by atoms with Crippen molar-refractivity contribution in [1.29, 1.82) is 0 Å². The molecule has 0 spiro atoms. The number of ether oxygens (including phenoxy) is 1. The highest BCUT2D eigenvalue weighted by Gasteiger charge is 2.11. The summed E-state index contributed by atoms with van der Waals surface area (Å²) in [5, 5.41) is 8.68. The molecule has 2 aromatic rings. The first-order valence-corrected chi connectivity index (χ1v) is 8.23. The monoisotopic (exact) mass is 316 g/mol. The van der Waals surface area contributed by atoms with E-state index in [4.69, 9.17) is 4.74 Å². The number of carbonyl (C=O) groups is 1. The van der Waals surface area contributed by atoms with Gasteiger partial charge in [-0.05, 0) is 13.0 Å². The molecular weight excluding hydrogens is 292 g/mol. The molecule has 23 heavy (non-hydrogen) atoms. The number of hydrogen-bond acceptors (Lipinski definition) is 4. The molecule has 1 aliphatic rings. The molecule has 2 heterocycles. The Bertz CT molecular complexity index is 662. The zero-order valence-corrected chi connectivity index (χ0v) is 13.6. The van der Waals surface area contributed by atoms with Gasteiger partial charge in [-0.2, -0.15) is 5.10 Å². The average molecular weight is 316 g/mol. The van der Waals surface area contributed by atoms with Crippen molar-refractivity contribution in [2.45, 2.75) is 19.9 Å². The number of para-hydroxylation sites is 1. The quantitative estimate of drug-likeness (QED) is 0.869. The minimum absolute atomic E-state index is 0.0792. The average Bonchev–Trinajstić information content (AvgIpc) is 2.91. The van der Waals surface area contributed by atoms with Crippen LogP contribution in [0.5, 0.6) is 0 Å². The number of nitrogens with zero attached hydrogens (tertiary/aromatic N) is 3. The van der Waals surface area contributed by atoms with E-state index in [1.807, 2.05) is 29.8 Å². The molecule has 0 aliphatic carbocycles. The van der Waals surface area contributed by atoms with Crippen molar-refractivity contribution in [1.82, 2.24) is 20.0 Å². The molecule has 1 aromatic heterocycles. The smallest absolute Gasteiger partial charge is 0.221 e. The second-order valence-corrected chi connectivity index (χ2v) is 5.88. The number of hydrogen-bond donors (Lipinski definition) is 1. The number of aromatic nitrogens is 2. The van der Waals surface area contributed by atoms with Crippen LogP contribution in [0.25, 0.3) is 10.9 Å². The lowest BCUT2D eigenvalue weighted by molar-refractivity contribution is -0.121. The molecule has 0 saturated carbocycles. The highest BCUT2D eigenvalue weighted by atomic mass is 16.5. The van der Waals surface area contributed by atoms with Gasteiger partial charge in [-0.1, -0.05) is 18.2 Å². The van der Waals surface area contributed by atoms with E-state index < -0.39 is 0 Å². The van der Waals surface area contributed by atoms with Gasteiger partial charge < -0.3 is 10.1 Å². The summed E-state index contributed by atoms with van der Waals surface area (Å²) in [5.41, 5.74) is 2.10. The maximum absolute atomic E-state index is 12.0. The molecule has 1 aromatic carbocycles. The van der Waals surface area contributed by atoms with E-state index in [-0.39, 0.29) is 5.91 Å². The zero-order chi connectivity index (χ0) is 16.1. The first-order chi connectivity index (χ1) is 11.2.